The first kappa shape index (κ1) is 13.5. The van der Waals surface area contributed by atoms with E-state index in [0.29, 0.717) is 6.54 Å². The lowest BCUT2D eigenvalue weighted by Gasteiger charge is -2.30. The van der Waals surface area contributed by atoms with Crippen molar-refractivity contribution in [2.45, 2.75) is 25.1 Å². The number of hydrogen-bond donors (Lipinski definition) is 2. The maximum absolute atomic E-state index is 10.5. The number of hydrogen-bond acceptors (Lipinski definition) is 3. The maximum Gasteiger partial charge on any atom is 0.114 e. The number of rotatable bonds is 3. The molecule has 2 atom stereocenters. The molecule has 1 aromatic heterocycles. The van der Waals surface area contributed by atoms with Gasteiger partial charge in [0.1, 0.15) is 5.82 Å². The molecule has 2 heterocycles. The number of imidazole rings is 1. The van der Waals surface area contributed by atoms with Crippen molar-refractivity contribution in [2.24, 2.45) is 0 Å². The van der Waals surface area contributed by atoms with Gasteiger partial charge in [0.2, 0.25) is 0 Å². The highest BCUT2D eigenvalue weighted by Crippen LogP contribution is 2.33. The molecule has 112 valence electrons. The number of aliphatic hydroxyl groups excluding tert-OH is 1. The summed E-state index contributed by atoms with van der Waals surface area (Å²) < 4.78 is 2.18. The van der Waals surface area contributed by atoms with Crippen molar-refractivity contribution in [1.29, 1.82) is 0 Å². The Morgan fingerprint density at radius 3 is 2.77 bits per heavy atom. The summed E-state index contributed by atoms with van der Waals surface area (Å²) in [5.41, 5.74) is 4.53. The van der Waals surface area contributed by atoms with Crippen LogP contribution in [0.2, 0.25) is 0 Å². The second-order valence-corrected chi connectivity index (χ2v) is 5.85. The SMILES string of the molecule is CNC1c2cccc3nc(Cc4ccccc4)n(c23)CC1O. The van der Waals surface area contributed by atoms with E-state index in [1.54, 1.807) is 0 Å². The number of para-hydroxylation sites is 1. The van der Waals surface area contributed by atoms with E-state index in [-0.39, 0.29) is 6.04 Å². The van der Waals surface area contributed by atoms with Gasteiger partial charge in [-0.05, 0) is 24.2 Å². The Balaban J connectivity index is 1.86. The molecule has 2 N–H and O–H groups in total. The van der Waals surface area contributed by atoms with Gasteiger partial charge in [-0.15, -0.1) is 0 Å². The highest BCUT2D eigenvalue weighted by molar-refractivity contribution is 5.81. The lowest BCUT2D eigenvalue weighted by Crippen LogP contribution is -2.36. The van der Waals surface area contributed by atoms with E-state index in [9.17, 15) is 5.11 Å². The fourth-order valence-corrected chi connectivity index (χ4v) is 3.47. The van der Waals surface area contributed by atoms with Crippen molar-refractivity contribution in [3.63, 3.8) is 0 Å². The predicted octanol–water partition coefficient (Wildman–Crippen LogP) is 2.26. The lowest BCUT2D eigenvalue weighted by molar-refractivity contribution is 0.108. The van der Waals surface area contributed by atoms with E-state index >= 15 is 0 Å². The Bertz CT molecular complexity index is 810. The van der Waals surface area contributed by atoms with Crippen LogP contribution in [0.1, 0.15) is 23.0 Å². The summed E-state index contributed by atoms with van der Waals surface area (Å²) in [5, 5.41) is 13.7. The summed E-state index contributed by atoms with van der Waals surface area (Å²) in [6.07, 6.45) is 0.346. The normalized spacial score (nSPS) is 20.5. The molecule has 2 aromatic carbocycles. The zero-order chi connectivity index (χ0) is 15.1. The van der Waals surface area contributed by atoms with E-state index in [4.69, 9.17) is 4.98 Å². The molecule has 0 spiro atoms. The smallest absolute Gasteiger partial charge is 0.114 e. The maximum atomic E-state index is 10.5. The van der Waals surface area contributed by atoms with E-state index < -0.39 is 6.10 Å². The van der Waals surface area contributed by atoms with E-state index in [0.717, 1.165) is 28.8 Å². The van der Waals surface area contributed by atoms with Gasteiger partial charge in [-0.1, -0.05) is 42.5 Å². The number of nitrogens with one attached hydrogen (secondary N) is 1. The molecule has 0 saturated heterocycles. The second kappa shape index (κ2) is 5.23. The van der Waals surface area contributed by atoms with Crippen LogP contribution in [0.3, 0.4) is 0 Å². The first-order valence-corrected chi connectivity index (χ1v) is 7.65. The summed E-state index contributed by atoms with van der Waals surface area (Å²) in [7, 11) is 1.89. The van der Waals surface area contributed by atoms with Crippen molar-refractivity contribution >= 4 is 11.0 Å². The minimum absolute atomic E-state index is 0.0301. The lowest BCUT2D eigenvalue weighted by atomic mass is 9.96. The Hall–Kier alpha value is -2.17. The van der Waals surface area contributed by atoms with Crippen LogP contribution < -0.4 is 5.32 Å². The largest absolute Gasteiger partial charge is 0.389 e. The molecule has 0 radical (unpaired) electrons. The van der Waals surface area contributed by atoms with Crippen LogP contribution in [0.4, 0.5) is 0 Å². The molecule has 22 heavy (non-hydrogen) atoms. The quantitative estimate of drug-likeness (QED) is 0.779. The Kier molecular flexibility index (Phi) is 3.21. The van der Waals surface area contributed by atoms with Gasteiger partial charge in [0.05, 0.1) is 29.7 Å². The minimum Gasteiger partial charge on any atom is -0.389 e. The van der Waals surface area contributed by atoms with Gasteiger partial charge in [0, 0.05) is 6.42 Å². The highest BCUT2D eigenvalue weighted by Gasteiger charge is 2.30. The number of nitrogens with zero attached hydrogens (tertiary/aromatic N) is 2. The molecule has 4 nitrogen and oxygen atoms in total. The van der Waals surface area contributed by atoms with Gasteiger partial charge in [-0.25, -0.2) is 4.98 Å². The van der Waals surface area contributed by atoms with Crippen LogP contribution in [0.15, 0.2) is 48.5 Å². The zero-order valence-corrected chi connectivity index (χ0v) is 12.5. The van der Waals surface area contributed by atoms with Crippen LogP contribution in [-0.2, 0) is 13.0 Å². The summed E-state index contributed by atoms with van der Waals surface area (Å²) >= 11 is 0. The van der Waals surface area contributed by atoms with Crippen LogP contribution in [0.25, 0.3) is 11.0 Å². The summed E-state index contributed by atoms with van der Waals surface area (Å²) in [6.45, 7) is 0.585. The van der Waals surface area contributed by atoms with Gasteiger partial charge in [0.25, 0.3) is 0 Å². The van der Waals surface area contributed by atoms with E-state index in [1.165, 1.54) is 5.56 Å². The molecule has 4 heteroatoms. The molecule has 1 aliphatic heterocycles. The van der Waals surface area contributed by atoms with Gasteiger partial charge < -0.3 is 15.0 Å². The van der Waals surface area contributed by atoms with Crippen molar-refractivity contribution < 1.29 is 5.11 Å². The Morgan fingerprint density at radius 1 is 1.18 bits per heavy atom. The number of aliphatic hydroxyl groups is 1. The van der Waals surface area contributed by atoms with Crippen LogP contribution in [-0.4, -0.2) is 27.8 Å². The first-order chi connectivity index (χ1) is 10.8. The predicted molar refractivity (Wildman–Crippen MR) is 86.8 cm³/mol. The molecule has 0 bridgehead atoms. The number of likely N-dealkylation sites (N-methyl/N-ethyl adjacent to an activating group) is 1. The van der Waals surface area contributed by atoms with Crippen molar-refractivity contribution in [1.82, 2.24) is 14.9 Å². The van der Waals surface area contributed by atoms with Crippen molar-refractivity contribution in [3.8, 4) is 0 Å². The second-order valence-electron chi connectivity index (χ2n) is 5.85. The minimum atomic E-state index is -0.438. The third-order valence-corrected chi connectivity index (χ3v) is 4.48. The third-order valence-electron chi connectivity index (χ3n) is 4.48. The average Bonchev–Trinajstić information content (AvgIpc) is 2.87. The van der Waals surface area contributed by atoms with Gasteiger partial charge >= 0.3 is 0 Å². The Morgan fingerprint density at radius 2 is 2.00 bits per heavy atom. The molecule has 0 fully saturated rings. The molecular weight excluding hydrogens is 274 g/mol. The van der Waals surface area contributed by atoms with Gasteiger partial charge in [-0.3, -0.25) is 0 Å². The Labute approximate surface area is 129 Å². The number of benzene rings is 2. The zero-order valence-electron chi connectivity index (χ0n) is 12.5. The van der Waals surface area contributed by atoms with Crippen molar-refractivity contribution in [2.75, 3.05) is 7.05 Å². The van der Waals surface area contributed by atoms with Crippen LogP contribution in [0.5, 0.6) is 0 Å². The molecule has 4 rings (SSSR count). The summed E-state index contributed by atoms with van der Waals surface area (Å²) in [4.78, 5) is 4.81. The molecule has 0 amide bonds. The van der Waals surface area contributed by atoms with E-state index in [2.05, 4.69) is 28.1 Å². The monoisotopic (exact) mass is 293 g/mol. The van der Waals surface area contributed by atoms with E-state index in [1.807, 2.05) is 37.4 Å². The van der Waals surface area contributed by atoms with Crippen molar-refractivity contribution in [3.05, 3.63) is 65.5 Å². The summed E-state index contributed by atoms with van der Waals surface area (Å²) in [6, 6.07) is 16.5. The fourth-order valence-electron chi connectivity index (χ4n) is 3.47. The molecule has 0 saturated carbocycles. The van der Waals surface area contributed by atoms with Gasteiger partial charge in [-0.2, -0.15) is 0 Å². The third kappa shape index (κ3) is 2.03. The summed E-state index contributed by atoms with van der Waals surface area (Å²) in [5.74, 6) is 1.02. The molecule has 2 unspecified atom stereocenters. The molecule has 3 aromatic rings. The fraction of sp³-hybridized carbons (Fsp3) is 0.278. The topological polar surface area (TPSA) is 50.1 Å². The average molecular weight is 293 g/mol. The molecular formula is C18H19N3O. The number of aromatic nitrogens is 2. The molecule has 0 aliphatic carbocycles. The first-order valence-electron chi connectivity index (χ1n) is 7.65. The van der Waals surface area contributed by atoms with Gasteiger partial charge in [0.15, 0.2) is 0 Å². The standard InChI is InChI=1S/C18H19N3O/c1-19-17-13-8-5-9-14-18(13)21(11-15(17)22)16(20-14)10-12-6-3-2-4-7-12/h2-9,15,17,19,22H,10-11H2,1H3. The van der Waals surface area contributed by atoms with Crippen LogP contribution >= 0.6 is 0 Å². The molecule has 1 aliphatic rings. The van der Waals surface area contributed by atoms with Crippen LogP contribution in [0, 0.1) is 0 Å². The highest BCUT2D eigenvalue weighted by atomic mass is 16.3.